The van der Waals surface area contributed by atoms with Gasteiger partial charge >= 0.3 is 77.6 Å². The molecule has 0 spiro atoms. The van der Waals surface area contributed by atoms with E-state index in [1.165, 1.54) is 0 Å². The number of carboxylic acid groups (broad SMARTS) is 3. The summed E-state index contributed by atoms with van der Waals surface area (Å²) in [6, 6.07) is -0.322. The van der Waals surface area contributed by atoms with E-state index >= 15 is 0 Å². The standard InChI is InChI=1S/C34H36N4O6.Fe.2Na/c1-7-19-15(3)23-12-25-17(5)21(9-10-29(39)40)32(37-25)22(11-30(41)42)33-31(34(43)44)18(6)26(38-33)14-28-20(8-2)16(4)24(36-28)13-27(19)35-23;;;/h7,12-14,17,21,24H,1,8-11H2,2-6H3,(H4,35,37,39,40,41,42,43,44);;;/q-2;+3;2*+1/p-3. The van der Waals surface area contributed by atoms with Crippen LogP contribution in [-0.4, -0.2) is 29.7 Å². The molecule has 0 saturated heterocycles. The predicted octanol–water partition coefficient (Wildman–Crippen LogP) is -5.47. The summed E-state index contributed by atoms with van der Waals surface area (Å²) in [7, 11) is 0. The Morgan fingerprint density at radius 3 is 2.26 bits per heavy atom. The van der Waals surface area contributed by atoms with Gasteiger partial charge in [-0.15, -0.1) is 33.9 Å². The molecule has 0 N–H and O–H groups in total. The number of aliphatic imine (C=N–C) groups is 1. The van der Waals surface area contributed by atoms with E-state index in [2.05, 4.69) is 11.6 Å². The monoisotopic (exact) mass is 695 g/mol. The van der Waals surface area contributed by atoms with Gasteiger partial charge in [0.05, 0.1) is 5.97 Å². The second-order valence-electron chi connectivity index (χ2n) is 11.4. The van der Waals surface area contributed by atoms with Crippen LogP contribution in [-0.2, 0) is 26.7 Å². The van der Waals surface area contributed by atoms with Gasteiger partial charge in [-0.3, -0.25) is 4.99 Å². The summed E-state index contributed by atoms with van der Waals surface area (Å²) < 4.78 is 0. The van der Waals surface area contributed by atoms with Crippen LogP contribution in [0.2, 0.25) is 0 Å². The first-order valence-electron chi connectivity index (χ1n) is 14.6. The molecule has 5 rings (SSSR count). The third-order valence-electron chi connectivity index (χ3n) is 8.92. The third kappa shape index (κ3) is 7.78. The van der Waals surface area contributed by atoms with Crippen LogP contribution >= 0.6 is 0 Å². The maximum atomic E-state index is 12.5. The molecule has 0 aromatic carbocycles. The van der Waals surface area contributed by atoms with Crippen molar-refractivity contribution in [1.82, 2.24) is 9.97 Å². The number of allylic oxidation sites excluding steroid dienone is 2. The van der Waals surface area contributed by atoms with Crippen molar-refractivity contribution in [2.45, 2.75) is 66.3 Å². The Hall–Kier alpha value is -2.34. The van der Waals surface area contributed by atoms with Gasteiger partial charge in [-0.1, -0.05) is 67.0 Å². The molecular formula is C34H33FeN4Na2O6. The van der Waals surface area contributed by atoms with Crippen LogP contribution in [0.5, 0.6) is 0 Å². The molecule has 8 bridgehead atoms. The fourth-order valence-corrected chi connectivity index (χ4v) is 6.50. The summed E-state index contributed by atoms with van der Waals surface area (Å²) in [5.74, 6) is -5.18. The SMILES string of the molecule is C=Cc1c(C)c2[n-]c1=CC1[N-]C(=Cc3[n-]c(c(C(=O)[O-])c3C)C(CC(=O)[O-])=C3N=C(C=2)C(C)C3CCC(=O)[O-])C(CC)=C1C.[Fe+3].[H+].[Na+].[Na+]. The molecule has 5 heterocycles. The zero-order valence-electron chi connectivity index (χ0n) is 28.7. The first-order chi connectivity index (χ1) is 20.9. The minimum Gasteiger partial charge on any atom is -0.675 e. The van der Waals surface area contributed by atoms with Gasteiger partial charge in [-0.25, -0.2) is 0 Å². The smallest absolute Gasteiger partial charge is 0.675 e. The minimum absolute atomic E-state index is 0. The molecule has 2 aromatic rings. The fourth-order valence-electron chi connectivity index (χ4n) is 6.50. The number of hydrogen-bond donors (Lipinski definition) is 0. The Morgan fingerprint density at radius 1 is 1.00 bits per heavy atom. The van der Waals surface area contributed by atoms with E-state index in [0.717, 1.165) is 22.3 Å². The Bertz CT molecular complexity index is 1890. The zero-order valence-corrected chi connectivity index (χ0v) is 32.8. The molecule has 3 atom stereocenters. The molecule has 13 heteroatoms. The maximum absolute atomic E-state index is 12.5. The quantitative estimate of drug-likeness (QED) is 0.246. The molecule has 47 heavy (non-hydrogen) atoms. The van der Waals surface area contributed by atoms with E-state index in [1.54, 1.807) is 25.2 Å². The summed E-state index contributed by atoms with van der Waals surface area (Å²) in [6.45, 7) is 13.4. The molecule has 10 nitrogen and oxygen atoms in total. The van der Waals surface area contributed by atoms with Gasteiger partial charge in [0, 0.05) is 41.6 Å². The number of nitrogens with zero attached hydrogens (tertiary/aromatic N) is 4. The molecule has 0 aliphatic carbocycles. The van der Waals surface area contributed by atoms with Gasteiger partial charge < -0.3 is 45.0 Å². The molecule has 3 aliphatic rings. The maximum Gasteiger partial charge on any atom is 3.00 e. The molecule has 3 unspecified atom stereocenters. The summed E-state index contributed by atoms with van der Waals surface area (Å²) >= 11 is 0. The number of aliphatic carboxylic acids is 2. The molecule has 235 valence electrons. The zero-order chi connectivity index (χ0) is 32.0. The van der Waals surface area contributed by atoms with E-state index in [9.17, 15) is 29.7 Å². The van der Waals surface area contributed by atoms with E-state index in [0.29, 0.717) is 39.8 Å². The predicted molar refractivity (Wildman–Crippen MR) is 162 cm³/mol. The van der Waals surface area contributed by atoms with E-state index in [4.69, 9.17) is 15.3 Å². The number of fused-ring (bicyclic) bond motifs is 7. The van der Waals surface area contributed by atoms with Crippen LogP contribution in [0.25, 0.3) is 35.2 Å². The largest absolute Gasteiger partial charge is 3.00 e. The van der Waals surface area contributed by atoms with Crippen molar-refractivity contribution in [3.8, 4) is 0 Å². The number of rotatable bonds is 8. The van der Waals surface area contributed by atoms with Crippen molar-refractivity contribution in [3.63, 3.8) is 0 Å². The average molecular weight is 695 g/mol. The number of carboxylic acids is 3. The van der Waals surface area contributed by atoms with E-state index in [-0.39, 0.29) is 125 Å². The van der Waals surface area contributed by atoms with Crippen molar-refractivity contribution >= 4 is 53.5 Å². The summed E-state index contributed by atoms with van der Waals surface area (Å²) in [5, 5.41) is 42.4. The van der Waals surface area contributed by atoms with Gasteiger partial charge in [0.25, 0.3) is 0 Å². The molecule has 2 aromatic heterocycles. The fraction of sp³-hybridized carbons (Fsp3) is 0.353. The van der Waals surface area contributed by atoms with Gasteiger partial charge in [0.15, 0.2) is 0 Å². The van der Waals surface area contributed by atoms with Crippen LogP contribution in [0.3, 0.4) is 0 Å². The van der Waals surface area contributed by atoms with Crippen LogP contribution in [0, 0.1) is 25.7 Å². The Morgan fingerprint density at radius 2 is 1.68 bits per heavy atom. The number of hydrogen-bond acceptors (Lipinski definition) is 7. The summed E-state index contributed by atoms with van der Waals surface area (Å²) in [6.07, 6.45) is 7.00. The minimum atomic E-state index is -1.52. The van der Waals surface area contributed by atoms with E-state index < -0.39 is 30.2 Å². The Labute approximate surface area is 329 Å². The van der Waals surface area contributed by atoms with Crippen LogP contribution in [0.4, 0.5) is 0 Å². The van der Waals surface area contributed by atoms with Gasteiger partial charge in [0.1, 0.15) is 0 Å². The van der Waals surface area contributed by atoms with Crippen molar-refractivity contribution in [1.29, 1.82) is 0 Å². The topological polar surface area (TPSA) is 175 Å². The van der Waals surface area contributed by atoms with Crippen molar-refractivity contribution in [2.75, 3.05) is 0 Å². The third-order valence-corrected chi connectivity index (χ3v) is 8.92. The van der Waals surface area contributed by atoms with Gasteiger partial charge in [-0.2, -0.15) is 0 Å². The number of aromatic carboxylic acids is 1. The first-order valence-corrected chi connectivity index (χ1v) is 14.6. The molecular weight excluding hydrogens is 662 g/mol. The molecule has 1 radical (unpaired) electrons. The molecule has 3 aliphatic heterocycles. The molecule has 0 fully saturated rings. The summed E-state index contributed by atoms with van der Waals surface area (Å²) in [5.41, 5.74) is 5.47. The number of carbonyl (C=O) groups excluding carboxylic acids is 3. The second kappa shape index (κ2) is 16.4. The van der Waals surface area contributed by atoms with Gasteiger partial charge in [-0.05, 0) is 56.7 Å². The van der Waals surface area contributed by atoms with Gasteiger partial charge in [0.2, 0.25) is 0 Å². The van der Waals surface area contributed by atoms with Crippen LogP contribution < -0.4 is 95.1 Å². The van der Waals surface area contributed by atoms with Crippen molar-refractivity contribution < 1.29 is 107 Å². The van der Waals surface area contributed by atoms with Crippen LogP contribution in [0.1, 0.15) is 86.3 Å². The average Bonchev–Trinajstić information content (AvgIpc) is 3.63. The summed E-state index contributed by atoms with van der Waals surface area (Å²) in [4.78, 5) is 50.5. The number of aromatic nitrogens is 2. The van der Waals surface area contributed by atoms with Crippen LogP contribution in [0.15, 0.2) is 34.1 Å². The second-order valence-corrected chi connectivity index (χ2v) is 11.4. The van der Waals surface area contributed by atoms with Crippen molar-refractivity contribution in [3.05, 3.63) is 78.8 Å². The van der Waals surface area contributed by atoms with E-state index in [1.807, 2.05) is 33.8 Å². The Balaban J connectivity index is 0.00000288. The molecule has 0 saturated carbocycles. The number of carbonyl (C=O) groups is 3. The van der Waals surface area contributed by atoms with Crippen molar-refractivity contribution in [2.24, 2.45) is 16.8 Å². The first kappa shape index (κ1) is 40.8. The Kier molecular flexibility index (Phi) is 14.2. The normalized spacial score (nSPS) is 19.6. The molecule has 0 amide bonds.